The standard InChI is InChI=1S/C19H23N3O3/c1-13(2)19(15-7-5-4-6-8-15)20-12-18(23)21-17-10-9-16(22(24)25)11-14(17)3/h4-11,13,19-20H,12H2,1-3H3,(H,21,23)/p+1/t19-/m1/s1. The second kappa shape index (κ2) is 8.39. The molecule has 6 nitrogen and oxygen atoms in total. The van der Waals surface area contributed by atoms with Crippen LogP contribution < -0.4 is 10.6 Å². The van der Waals surface area contributed by atoms with Crippen molar-refractivity contribution in [3.8, 4) is 0 Å². The number of nitrogens with two attached hydrogens (primary N) is 1. The topological polar surface area (TPSA) is 88.9 Å². The smallest absolute Gasteiger partial charge is 0.279 e. The number of nitro groups is 1. The minimum absolute atomic E-state index is 0.0195. The Bertz CT molecular complexity index is 745. The molecule has 132 valence electrons. The van der Waals surface area contributed by atoms with Gasteiger partial charge in [0.2, 0.25) is 0 Å². The van der Waals surface area contributed by atoms with Crippen LogP contribution in [0.25, 0.3) is 0 Å². The first kappa shape index (κ1) is 18.6. The minimum atomic E-state index is -0.445. The predicted molar refractivity (Wildman–Crippen MR) is 97.3 cm³/mol. The van der Waals surface area contributed by atoms with Crippen molar-refractivity contribution in [2.24, 2.45) is 5.92 Å². The average Bonchev–Trinajstić information content (AvgIpc) is 2.57. The zero-order chi connectivity index (χ0) is 18.4. The highest BCUT2D eigenvalue weighted by Gasteiger charge is 2.20. The first-order valence-electron chi connectivity index (χ1n) is 8.31. The van der Waals surface area contributed by atoms with E-state index in [1.54, 1.807) is 13.0 Å². The molecule has 0 saturated heterocycles. The van der Waals surface area contributed by atoms with Crippen LogP contribution in [0.1, 0.15) is 31.0 Å². The van der Waals surface area contributed by atoms with Crippen molar-refractivity contribution >= 4 is 17.3 Å². The van der Waals surface area contributed by atoms with Crippen molar-refractivity contribution in [1.29, 1.82) is 0 Å². The number of quaternary nitrogens is 1. The van der Waals surface area contributed by atoms with Gasteiger partial charge in [0.15, 0.2) is 6.54 Å². The molecule has 0 aromatic heterocycles. The van der Waals surface area contributed by atoms with Crippen molar-refractivity contribution in [1.82, 2.24) is 0 Å². The third-order valence-corrected chi connectivity index (χ3v) is 4.15. The molecule has 0 aliphatic rings. The van der Waals surface area contributed by atoms with E-state index in [9.17, 15) is 14.9 Å². The second-order valence-electron chi connectivity index (χ2n) is 6.42. The summed E-state index contributed by atoms with van der Waals surface area (Å²) in [5, 5.41) is 15.6. The van der Waals surface area contributed by atoms with E-state index in [1.165, 1.54) is 17.7 Å². The highest BCUT2D eigenvalue weighted by atomic mass is 16.6. The number of rotatable bonds is 7. The molecule has 0 aliphatic heterocycles. The number of hydrogen-bond acceptors (Lipinski definition) is 3. The highest BCUT2D eigenvalue weighted by Crippen LogP contribution is 2.21. The van der Waals surface area contributed by atoms with Crippen LogP contribution in [0.15, 0.2) is 48.5 Å². The molecule has 0 saturated carbocycles. The van der Waals surface area contributed by atoms with Crippen LogP contribution in [0.4, 0.5) is 11.4 Å². The number of benzene rings is 2. The number of anilines is 1. The van der Waals surface area contributed by atoms with Crippen LogP contribution in [0.5, 0.6) is 0 Å². The van der Waals surface area contributed by atoms with Gasteiger partial charge in [0.25, 0.3) is 11.6 Å². The number of nitrogens with one attached hydrogen (secondary N) is 1. The molecular formula is C19H24N3O3+. The van der Waals surface area contributed by atoms with Crippen LogP contribution in [0.2, 0.25) is 0 Å². The van der Waals surface area contributed by atoms with E-state index in [-0.39, 0.29) is 24.2 Å². The predicted octanol–water partition coefficient (Wildman–Crippen LogP) is 2.80. The largest absolute Gasteiger partial charge is 0.332 e. The lowest BCUT2D eigenvalue weighted by Crippen LogP contribution is -2.88. The number of aryl methyl sites for hydroxylation is 1. The summed E-state index contributed by atoms with van der Waals surface area (Å²) in [4.78, 5) is 22.6. The van der Waals surface area contributed by atoms with E-state index >= 15 is 0 Å². The molecule has 0 heterocycles. The van der Waals surface area contributed by atoms with E-state index in [0.29, 0.717) is 17.2 Å². The number of hydrogen-bond donors (Lipinski definition) is 2. The number of carbonyl (C=O) groups excluding carboxylic acids is 1. The molecule has 0 fully saturated rings. The Hall–Kier alpha value is -2.73. The third kappa shape index (κ3) is 5.12. The van der Waals surface area contributed by atoms with Gasteiger partial charge < -0.3 is 10.6 Å². The normalized spacial score (nSPS) is 12.0. The Balaban J connectivity index is 1.99. The number of carbonyl (C=O) groups is 1. The van der Waals surface area contributed by atoms with Gasteiger partial charge in [-0.05, 0) is 18.6 Å². The fraction of sp³-hybridized carbons (Fsp3) is 0.316. The number of non-ortho nitro benzene ring substituents is 1. The van der Waals surface area contributed by atoms with Gasteiger partial charge in [-0.2, -0.15) is 0 Å². The summed E-state index contributed by atoms with van der Waals surface area (Å²) in [6.07, 6.45) is 0. The van der Waals surface area contributed by atoms with Gasteiger partial charge in [0.05, 0.1) is 4.92 Å². The monoisotopic (exact) mass is 342 g/mol. The number of nitrogens with zero attached hydrogens (tertiary/aromatic N) is 1. The van der Waals surface area contributed by atoms with Crippen molar-refractivity contribution in [3.63, 3.8) is 0 Å². The van der Waals surface area contributed by atoms with Crippen molar-refractivity contribution in [3.05, 3.63) is 69.8 Å². The molecule has 0 unspecified atom stereocenters. The molecule has 0 spiro atoms. The number of amides is 1. The molecule has 2 aromatic carbocycles. The van der Waals surface area contributed by atoms with E-state index in [2.05, 4.69) is 31.3 Å². The van der Waals surface area contributed by atoms with E-state index in [0.717, 1.165) is 0 Å². The molecule has 6 heteroatoms. The van der Waals surface area contributed by atoms with Crippen LogP contribution in [-0.2, 0) is 4.79 Å². The maximum atomic E-state index is 12.3. The molecule has 2 aromatic rings. The fourth-order valence-corrected chi connectivity index (χ4v) is 2.81. The molecule has 3 N–H and O–H groups in total. The maximum Gasteiger partial charge on any atom is 0.279 e. The Kier molecular flexibility index (Phi) is 6.25. The average molecular weight is 342 g/mol. The molecular weight excluding hydrogens is 318 g/mol. The summed E-state index contributed by atoms with van der Waals surface area (Å²) in [6, 6.07) is 14.7. The first-order chi connectivity index (χ1) is 11.9. The fourth-order valence-electron chi connectivity index (χ4n) is 2.81. The van der Waals surface area contributed by atoms with E-state index in [1.807, 2.05) is 23.5 Å². The summed E-state index contributed by atoms with van der Waals surface area (Å²) in [5.74, 6) is 0.259. The van der Waals surface area contributed by atoms with Gasteiger partial charge in [-0.1, -0.05) is 44.2 Å². The second-order valence-corrected chi connectivity index (χ2v) is 6.42. The molecule has 0 bridgehead atoms. The van der Waals surface area contributed by atoms with E-state index < -0.39 is 4.92 Å². The molecule has 1 atom stereocenters. The first-order valence-corrected chi connectivity index (χ1v) is 8.31. The lowest BCUT2D eigenvalue weighted by molar-refractivity contribution is -0.692. The molecule has 25 heavy (non-hydrogen) atoms. The lowest BCUT2D eigenvalue weighted by atomic mass is 9.96. The SMILES string of the molecule is Cc1cc([N+](=O)[O-])ccc1NC(=O)C[NH2+][C@@H](c1ccccc1)C(C)C. The van der Waals surface area contributed by atoms with E-state index in [4.69, 9.17) is 0 Å². The summed E-state index contributed by atoms with van der Waals surface area (Å²) < 4.78 is 0. The summed E-state index contributed by atoms with van der Waals surface area (Å²) >= 11 is 0. The van der Waals surface area contributed by atoms with Gasteiger partial charge in [0.1, 0.15) is 6.04 Å². The van der Waals surface area contributed by atoms with Crippen LogP contribution >= 0.6 is 0 Å². The Morgan fingerprint density at radius 3 is 2.44 bits per heavy atom. The Morgan fingerprint density at radius 1 is 1.20 bits per heavy atom. The molecule has 2 rings (SSSR count). The minimum Gasteiger partial charge on any atom is -0.332 e. The number of nitro benzene ring substituents is 1. The van der Waals surface area contributed by atoms with Gasteiger partial charge >= 0.3 is 0 Å². The van der Waals surface area contributed by atoms with Crippen molar-refractivity contribution in [2.75, 3.05) is 11.9 Å². The van der Waals surface area contributed by atoms with Crippen LogP contribution in [0, 0.1) is 23.0 Å². The van der Waals surface area contributed by atoms with Crippen LogP contribution in [0.3, 0.4) is 0 Å². The van der Waals surface area contributed by atoms with Gasteiger partial charge in [-0.3, -0.25) is 14.9 Å². The summed E-state index contributed by atoms with van der Waals surface area (Å²) in [7, 11) is 0. The zero-order valence-electron chi connectivity index (χ0n) is 14.7. The van der Waals surface area contributed by atoms with Crippen molar-refractivity contribution < 1.29 is 15.0 Å². The lowest BCUT2D eigenvalue weighted by Gasteiger charge is -2.19. The molecule has 0 aliphatic carbocycles. The molecule has 0 radical (unpaired) electrons. The van der Waals surface area contributed by atoms with Crippen molar-refractivity contribution in [2.45, 2.75) is 26.8 Å². The Labute approximate surface area is 147 Å². The zero-order valence-corrected chi connectivity index (χ0v) is 14.7. The molecule has 1 amide bonds. The van der Waals surface area contributed by atoms with Gasteiger partial charge in [0, 0.05) is 29.3 Å². The van der Waals surface area contributed by atoms with Gasteiger partial charge in [-0.15, -0.1) is 0 Å². The third-order valence-electron chi connectivity index (χ3n) is 4.15. The summed E-state index contributed by atoms with van der Waals surface area (Å²) in [5.41, 5.74) is 2.48. The maximum absolute atomic E-state index is 12.3. The quantitative estimate of drug-likeness (QED) is 0.599. The Morgan fingerprint density at radius 2 is 1.88 bits per heavy atom. The van der Waals surface area contributed by atoms with Crippen LogP contribution in [-0.4, -0.2) is 17.4 Å². The highest BCUT2D eigenvalue weighted by molar-refractivity contribution is 5.92. The summed E-state index contributed by atoms with van der Waals surface area (Å²) in [6.45, 7) is 6.29. The van der Waals surface area contributed by atoms with Gasteiger partial charge in [-0.25, -0.2) is 0 Å².